The van der Waals surface area contributed by atoms with Crippen LogP contribution in [0.15, 0.2) is 30.3 Å². The fourth-order valence-electron chi connectivity index (χ4n) is 4.40. The van der Waals surface area contributed by atoms with Gasteiger partial charge in [0.05, 0.1) is 12.5 Å². The highest BCUT2D eigenvalue weighted by atomic mass is 16.5. The van der Waals surface area contributed by atoms with Crippen LogP contribution in [-0.2, 0) is 26.2 Å². The number of rotatable bonds is 9. The number of ether oxygens (including phenoxy) is 1. The third-order valence-corrected chi connectivity index (χ3v) is 6.14. The number of hydrogen-bond acceptors (Lipinski definition) is 5. The molecule has 3 atom stereocenters. The SMILES string of the molecule is CCOC(=O)C(CCC(=O)O)NC(=O)[C@@H]1CCCC[C@@H]1NC(=O)c1cc2ccccc2n1C. The van der Waals surface area contributed by atoms with Crippen molar-refractivity contribution in [2.45, 2.75) is 57.5 Å². The van der Waals surface area contributed by atoms with E-state index in [0.29, 0.717) is 18.5 Å². The van der Waals surface area contributed by atoms with Crippen molar-refractivity contribution in [3.63, 3.8) is 0 Å². The highest BCUT2D eigenvalue weighted by molar-refractivity contribution is 5.99. The topological polar surface area (TPSA) is 127 Å². The Morgan fingerprint density at radius 1 is 1.18 bits per heavy atom. The lowest BCUT2D eigenvalue weighted by molar-refractivity contribution is -0.148. The number of aliphatic carboxylic acids is 1. The van der Waals surface area contributed by atoms with Crippen molar-refractivity contribution in [3.8, 4) is 0 Å². The van der Waals surface area contributed by atoms with Gasteiger partial charge in [0.15, 0.2) is 0 Å². The number of amides is 2. The summed E-state index contributed by atoms with van der Waals surface area (Å²) in [4.78, 5) is 49.3. The lowest BCUT2D eigenvalue weighted by atomic mass is 9.83. The second-order valence-corrected chi connectivity index (χ2v) is 8.36. The maximum Gasteiger partial charge on any atom is 0.328 e. The van der Waals surface area contributed by atoms with Crippen molar-refractivity contribution < 1.29 is 29.0 Å². The number of nitrogens with zero attached hydrogens (tertiary/aromatic N) is 1. The monoisotopic (exact) mass is 457 g/mol. The summed E-state index contributed by atoms with van der Waals surface area (Å²) in [6.45, 7) is 1.78. The lowest BCUT2D eigenvalue weighted by Gasteiger charge is -2.32. The Labute approximate surface area is 192 Å². The Balaban J connectivity index is 1.72. The molecule has 33 heavy (non-hydrogen) atoms. The summed E-state index contributed by atoms with van der Waals surface area (Å²) in [6, 6.07) is 8.11. The van der Waals surface area contributed by atoms with Crippen molar-refractivity contribution in [1.29, 1.82) is 0 Å². The number of benzene rings is 1. The van der Waals surface area contributed by atoms with Crippen LogP contribution in [0.4, 0.5) is 0 Å². The van der Waals surface area contributed by atoms with Crippen molar-refractivity contribution in [2.24, 2.45) is 13.0 Å². The fraction of sp³-hybridized carbons (Fsp3) is 0.500. The Bertz CT molecular complexity index is 1030. The number of nitrogens with one attached hydrogen (secondary N) is 2. The van der Waals surface area contributed by atoms with Gasteiger partial charge in [-0.3, -0.25) is 14.4 Å². The normalized spacial score (nSPS) is 19.0. The predicted molar refractivity (Wildman–Crippen MR) is 122 cm³/mol. The number of aromatic nitrogens is 1. The van der Waals surface area contributed by atoms with Crippen molar-refractivity contribution in [3.05, 3.63) is 36.0 Å². The smallest absolute Gasteiger partial charge is 0.328 e. The van der Waals surface area contributed by atoms with Gasteiger partial charge in [0, 0.05) is 30.4 Å². The van der Waals surface area contributed by atoms with E-state index in [1.54, 1.807) is 6.92 Å². The van der Waals surface area contributed by atoms with Gasteiger partial charge in [0.25, 0.3) is 5.91 Å². The van der Waals surface area contributed by atoms with Gasteiger partial charge in [-0.05, 0) is 38.3 Å². The molecule has 1 saturated carbocycles. The molecule has 0 aliphatic heterocycles. The molecule has 1 aromatic carbocycles. The molecule has 9 nitrogen and oxygen atoms in total. The molecule has 0 saturated heterocycles. The molecule has 1 aliphatic rings. The van der Waals surface area contributed by atoms with Crippen LogP contribution in [0.5, 0.6) is 0 Å². The van der Waals surface area contributed by atoms with Crippen LogP contribution in [-0.4, -0.2) is 52.1 Å². The maximum atomic E-state index is 13.1. The van der Waals surface area contributed by atoms with E-state index in [-0.39, 0.29) is 37.3 Å². The summed E-state index contributed by atoms with van der Waals surface area (Å²) in [7, 11) is 1.83. The molecule has 9 heteroatoms. The molecule has 2 aromatic rings. The number of aryl methyl sites for hydroxylation is 1. The second kappa shape index (κ2) is 11.0. The molecular weight excluding hydrogens is 426 g/mol. The fourth-order valence-corrected chi connectivity index (χ4v) is 4.40. The third kappa shape index (κ3) is 5.91. The van der Waals surface area contributed by atoms with Gasteiger partial charge in [0.2, 0.25) is 5.91 Å². The van der Waals surface area contributed by atoms with Gasteiger partial charge in [-0.1, -0.05) is 31.0 Å². The van der Waals surface area contributed by atoms with E-state index in [0.717, 1.165) is 23.7 Å². The number of fused-ring (bicyclic) bond motifs is 1. The zero-order valence-corrected chi connectivity index (χ0v) is 19.0. The van der Waals surface area contributed by atoms with Crippen molar-refractivity contribution in [1.82, 2.24) is 15.2 Å². The third-order valence-electron chi connectivity index (χ3n) is 6.14. The molecule has 3 rings (SSSR count). The first-order chi connectivity index (χ1) is 15.8. The average Bonchev–Trinajstić information content (AvgIpc) is 3.13. The quantitative estimate of drug-likeness (QED) is 0.496. The van der Waals surface area contributed by atoms with Gasteiger partial charge >= 0.3 is 11.9 Å². The first-order valence-electron chi connectivity index (χ1n) is 11.4. The number of carbonyl (C=O) groups excluding carboxylic acids is 3. The molecular formula is C24H31N3O6. The summed E-state index contributed by atoms with van der Waals surface area (Å²) >= 11 is 0. The first kappa shape index (κ1) is 24.3. The van der Waals surface area contributed by atoms with Crippen LogP contribution < -0.4 is 10.6 Å². The Morgan fingerprint density at radius 3 is 2.61 bits per heavy atom. The number of hydrogen-bond donors (Lipinski definition) is 3. The summed E-state index contributed by atoms with van der Waals surface area (Å²) in [6.07, 6.45) is 2.60. The molecule has 1 heterocycles. The van der Waals surface area contributed by atoms with Crippen LogP contribution in [0, 0.1) is 5.92 Å². The standard InChI is InChI=1S/C24H31N3O6/c1-3-33-24(32)18(12-13-21(28)29)26-22(30)16-9-5-6-10-17(16)25-23(31)20-14-15-8-4-7-11-19(15)27(20)2/h4,7-8,11,14,16-18H,3,5-6,9-10,12-13H2,1-2H3,(H,25,31)(H,26,30)(H,28,29)/t16-,17+,18?/m1/s1. The molecule has 0 spiro atoms. The van der Waals surface area contributed by atoms with Gasteiger partial charge < -0.3 is 25.0 Å². The molecule has 1 fully saturated rings. The van der Waals surface area contributed by atoms with Crippen LogP contribution in [0.1, 0.15) is 55.9 Å². The van der Waals surface area contributed by atoms with E-state index in [2.05, 4.69) is 10.6 Å². The highest BCUT2D eigenvalue weighted by Gasteiger charge is 2.35. The summed E-state index contributed by atoms with van der Waals surface area (Å²) < 4.78 is 6.82. The molecule has 0 radical (unpaired) electrons. The highest BCUT2D eigenvalue weighted by Crippen LogP contribution is 2.26. The Morgan fingerprint density at radius 2 is 1.91 bits per heavy atom. The van der Waals surface area contributed by atoms with E-state index in [1.807, 2.05) is 41.9 Å². The van der Waals surface area contributed by atoms with E-state index in [9.17, 15) is 19.2 Å². The predicted octanol–water partition coefficient (Wildman–Crippen LogP) is 2.38. The van der Waals surface area contributed by atoms with Gasteiger partial charge in [-0.25, -0.2) is 4.79 Å². The number of carboxylic acid groups (broad SMARTS) is 1. The minimum Gasteiger partial charge on any atom is -0.481 e. The van der Waals surface area contributed by atoms with Gasteiger partial charge in [0.1, 0.15) is 11.7 Å². The first-order valence-corrected chi connectivity index (χ1v) is 11.4. The Kier molecular flexibility index (Phi) is 8.08. The Hall–Kier alpha value is -3.36. The average molecular weight is 458 g/mol. The van der Waals surface area contributed by atoms with Crippen molar-refractivity contribution >= 4 is 34.7 Å². The minimum absolute atomic E-state index is 0.0560. The summed E-state index contributed by atoms with van der Waals surface area (Å²) in [5, 5.41) is 15.6. The zero-order valence-electron chi connectivity index (χ0n) is 19.0. The van der Waals surface area contributed by atoms with Crippen LogP contribution >= 0.6 is 0 Å². The maximum absolute atomic E-state index is 13.1. The molecule has 178 valence electrons. The van der Waals surface area contributed by atoms with Crippen LogP contribution in [0.2, 0.25) is 0 Å². The van der Waals surface area contributed by atoms with E-state index in [1.165, 1.54) is 0 Å². The number of esters is 1. The van der Waals surface area contributed by atoms with Crippen molar-refractivity contribution in [2.75, 3.05) is 6.61 Å². The molecule has 3 N–H and O–H groups in total. The van der Waals surface area contributed by atoms with Crippen LogP contribution in [0.25, 0.3) is 10.9 Å². The van der Waals surface area contributed by atoms with E-state index in [4.69, 9.17) is 9.84 Å². The van der Waals surface area contributed by atoms with Gasteiger partial charge in [-0.15, -0.1) is 0 Å². The minimum atomic E-state index is -1.06. The summed E-state index contributed by atoms with van der Waals surface area (Å²) in [5.41, 5.74) is 1.45. The number of carbonyl (C=O) groups is 4. The molecule has 1 unspecified atom stereocenters. The van der Waals surface area contributed by atoms with E-state index >= 15 is 0 Å². The van der Waals surface area contributed by atoms with E-state index < -0.39 is 23.9 Å². The molecule has 1 aromatic heterocycles. The largest absolute Gasteiger partial charge is 0.481 e. The summed E-state index contributed by atoms with van der Waals surface area (Å²) in [5.74, 6) is -2.86. The second-order valence-electron chi connectivity index (χ2n) is 8.36. The van der Waals surface area contributed by atoms with Crippen LogP contribution in [0.3, 0.4) is 0 Å². The lowest BCUT2D eigenvalue weighted by Crippen LogP contribution is -2.52. The number of carboxylic acids is 1. The van der Waals surface area contributed by atoms with Gasteiger partial charge in [-0.2, -0.15) is 0 Å². The molecule has 0 bridgehead atoms. The zero-order chi connectivity index (χ0) is 24.0. The molecule has 1 aliphatic carbocycles. The number of para-hydroxylation sites is 1. The molecule has 2 amide bonds.